The number of ether oxygens (including phenoxy) is 3. The molecule has 8 heteroatoms. The van der Waals surface area contributed by atoms with Crippen LogP contribution in [0.25, 0.3) is 21.5 Å². The highest BCUT2D eigenvalue weighted by molar-refractivity contribution is 5.89. The lowest BCUT2D eigenvalue weighted by molar-refractivity contribution is -0.146. The van der Waals surface area contributed by atoms with Crippen molar-refractivity contribution in [2.75, 3.05) is 33.3 Å². The van der Waals surface area contributed by atoms with Gasteiger partial charge in [0.15, 0.2) is 0 Å². The first kappa shape index (κ1) is 48.8. The van der Waals surface area contributed by atoms with Crippen molar-refractivity contribution >= 4 is 33.5 Å². The van der Waals surface area contributed by atoms with Crippen molar-refractivity contribution in [3.05, 3.63) is 83.9 Å². The summed E-state index contributed by atoms with van der Waals surface area (Å²) in [6.45, 7) is 19.8. The Morgan fingerprint density at radius 1 is 0.554 bits per heavy atom. The molecule has 0 spiro atoms. The minimum Gasteiger partial charge on any atom is -0.490 e. The van der Waals surface area contributed by atoms with E-state index in [2.05, 4.69) is 124 Å². The molecule has 4 aliphatic rings. The number of nitrogens with zero attached hydrogens (tertiary/aromatic N) is 2. The maximum atomic E-state index is 11.9. The lowest BCUT2D eigenvalue weighted by Crippen LogP contribution is -2.30. The van der Waals surface area contributed by atoms with Gasteiger partial charge in [-0.3, -0.25) is 19.4 Å². The highest BCUT2D eigenvalue weighted by atomic mass is 16.5. The summed E-state index contributed by atoms with van der Waals surface area (Å²) in [6, 6.07) is 26.3. The minimum atomic E-state index is -0.642. The van der Waals surface area contributed by atoms with Gasteiger partial charge < -0.3 is 19.3 Å². The molecule has 1 N–H and O–H groups in total. The van der Waals surface area contributed by atoms with Gasteiger partial charge in [0, 0.05) is 23.9 Å². The van der Waals surface area contributed by atoms with Gasteiger partial charge in [-0.15, -0.1) is 0 Å². The Kier molecular flexibility index (Phi) is 16.6. The summed E-state index contributed by atoms with van der Waals surface area (Å²) < 4.78 is 18.0. The number of hydrogen-bond acceptors (Lipinski definition) is 7. The fourth-order valence-corrected chi connectivity index (χ4v) is 11.3. The van der Waals surface area contributed by atoms with E-state index in [0.717, 1.165) is 127 Å². The van der Waals surface area contributed by atoms with Crippen LogP contribution in [0.3, 0.4) is 0 Å². The van der Waals surface area contributed by atoms with Crippen LogP contribution in [0.1, 0.15) is 143 Å². The molecule has 0 bridgehead atoms. The molecule has 8 rings (SSSR count). The van der Waals surface area contributed by atoms with Crippen LogP contribution in [0.2, 0.25) is 0 Å². The van der Waals surface area contributed by atoms with Crippen molar-refractivity contribution in [3.63, 3.8) is 0 Å². The number of methoxy groups -OCH3 is 1. The topological polar surface area (TPSA) is 88.5 Å². The zero-order chi connectivity index (χ0) is 46.1. The van der Waals surface area contributed by atoms with Gasteiger partial charge in [-0.05, 0) is 185 Å². The molecule has 65 heavy (non-hydrogen) atoms. The Morgan fingerprint density at radius 2 is 0.985 bits per heavy atom. The smallest absolute Gasteiger partial charge is 0.308 e. The molecule has 2 unspecified atom stereocenters. The van der Waals surface area contributed by atoms with Crippen LogP contribution in [0, 0.1) is 34.5 Å². The number of likely N-dealkylation sites (tertiary alicyclic amines) is 2. The van der Waals surface area contributed by atoms with Crippen molar-refractivity contribution in [1.29, 1.82) is 0 Å². The highest BCUT2D eigenvalue weighted by Crippen LogP contribution is 2.41. The van der Waals surface area contributed by atoms with Gasteiger partial charge in [0.2, 0.25) is 0 Å². The third-order valence-electron chi connectivity index (χ3n) is 15.5. The lowest BCUT2D eigenvalue weighted by atomic mass is 9.72. The maximum Gasteiger partial charge on any atom is 0.308 e. The predicted octanol–water partition coefficient (Wildman–Crippen LogP) is 13.1. The van der Waals surface area contributed by atoms with E-state index >= 15 is 0 Å². The predicted molar refractivity (Wildman–Crippen MR) is 264 cm³/mol. The molecule has 0 radical (unpaired) electrons. The van der Waals surface area contributed by atoms with Gasteiger partial charge in [-0.25, -0.2) is 0 Å². The number of carbonyl (C=O) groups excluding carboxylic acids is 1. The number of esters is 1. The minimum absolute atomic E-state index is 0.0507. The number of carbonyl (C=O) groups is 2. The molecule has 2 aliphatic heterocycles. The molecular weight excluding hydrogens is 809 g/mol. The van der Waals surface area contributed by atoms with Crippen molar-refractivity contribution in [2.45, 2.75) is 157 Å². The molecular formula is C57H80N2O6. The van der Waals surface area contributed by atoms with Gasteiger partial charge in [0.25, 0.3) is 0 Å². The molecule has 8 nitrogen and oxygen atoms in total. The zero-order valence-electron chi connectivity index (χ0n) is 40.9. The molecule has 4 aromatic carbocycles. The zero-order valence-corrected chi connectivity index (χ0v) is 40.9. The standard InChI is InChI=1S/C29H41NO3.C28H39NO3/c1-29(2,3)24-11-13-25(14-12-24)33-27-9-5-7-23-19-21(10-15-26(23)27)20-30-17-6-8-22(16-18-30)28(31)32-4;1-28(2,3)23-10-12-24(13-11-23)32-26-8-4-6-22-18-20(9-14-25(22)26)19-29-16-5-7-21(15-17-29)27(30)31/h5,7,9-10,15,19,22,24-25H,6,8,11-14,16-18,20H2,1-4H3;4,6,8-9,14,18,21,23-24H,5,7,10-13,15-17,19H2,1-3H3,(H,30,31). The van der Waals surface area contributed by atoms with E-state index in [0.29, 0.717) is 23.0 Å². The summed E-state index contributed by atoms with van der Waals surface area (Å²) in [5, 5.41) is 14.2. The van der Waals surface area contributed by atoms with Gasteiger partial charge in [0.05, 0.1) is 31.2 Å². The summed E-state index contributed by atoms with van der Waals surface area (Å²) in [7, 11) is 1.49. The third kappa shape index (κ3) is 13.5. The molecule has 4 fully saturated rings. The van der Waals surface area contributed by atoms with Crippen LogP contribution in [0.4, 0.5) is 0 Å². The van der Waals surface area contributed by atoms with Gasteiger partial charge in [0.1, 0.15) is 11.5 Å². The molecule has 2 aliphatic carbocycles. The first-order valence-electron chi connectivity index (χ1n) is 25.2. The van der Waals surface area contributed by atoms with Crippen molar-refractivity contribution in [1.82, 2.24) is 9.80 Å². The number of benzene rings is 4. The number of aliphatic carboxylic acids is 1. The van der Waals surface area contributed by atoms with Gasteiger partial charge in [-0.2, -0.15) is 0 Å². The molecule has 2 atom stereocenters. The third-order valence-corrected chi connectivity index (χ3v) is 15.5. The molecule has 4 aromatic rings. The molecule has 2 saturated heterocycles. The Labute approximate surface area is 390 Å². The van der Waals surface area contributed by atoms with Gasteiger partial charge >= 0.3 is 11.9 Å². The SMILES string of the molecule is CC(C)(C)C1CCC(Oc2cccc3cc(CN4CCCC(C(=O)O)CC4)ccc23)CC1.COC(=O)C1CCCN(Cc2ccc3c(OC4CCC(C(C)(C)C)CC4)cccc3c2)CC1. The number of carboxylic acid groups (broad SMARTS) is 1. The van der Waals surface area contributed by atoms with Crippen LogP contribution in [-0.2, 0) is 27.4 Å². The molecule has 354 valence electrons. The summed E-state index contributed by atoms with van der Waals surface area (Å²) in [5.41, 5.74) is 3.40. The van der Waals surface area contributed by atoms with Crippen LogP contribution in [0.15, 0.2) is 72.8 Å². The normalized spacial score (nSPS) is 25.2. The van der Waals surface area contributed by atoms with E-state index in [1.807, 2.05) is 0 Å². The van der Waals surface area contributed by atoms with E-state index in [1.165, 1.54) is 65.5 Å². The maximum absolute atomic E-state index is 11.9. The van der Waals surface area contributed by atoms with Crippen LogP contribution >= 0.6 is 0 Å². The quantitative estimate of drug-likeness (QED) is 0.158. The van der Waals surface area contributed by atoms with Crippen molar-refractivity contribution in [2.24, 2.45) is 34.5 Å². The summed E-state index contributed by atoms with van der Waals surface area (Å²) in [6.07, 6.45) is 15.6. The molecule has 0 amide bonds. The van der Waals surface area contributed by atoms with Crippen LogP contribution < -0.4 is 9.47 Å². The van der Waals surface area contributed by atoms with E-state index < -0.39 is 5.97 Å². The Bertz CT molecular complexity index is 2170. The largest absolute Gasteiger partial charge is 0.490 e. The van der Waals surface area contributed by atoms with Crippen molar-refractivity contribution < 1.29 is 28.9 Å². The number of fused-ring (bicyclic) bond motifs is 2. The Balaban J connectivity index is 0.000000194. The molecule has 2 saturated carbocycles. The fraction of sp³-hybridized carbons (Fsp3) is 0.614. The molecule has 2 heterocycles. The second kappa shape index (κ2) is 22.1. The van der Waals surface area contributed by atoms with Crippen LogP contribution in [-0.4, -0.2) is 72.3 Å². The number of hydrogen-bond donors (Lipinski definition) is 1. The summed E-state index contributed by atoms with van der Waals surface area (Å²) >= 11 is 0. The molecule has 0 aromatic heterocycles. The number of carboxylic acids is 1. The van der Waals surface area contributed by atoms with Crippen molar-refractivity contribution in [3.8, 4) is 11.5 Å². The lowest BCUT2D eigenvalue weighted by Gasteiger charge is -2.37. The number of rotatable bonds is 10. The van der Waals surface area contributed by atoms with E-state index in [-0.39, 0.29) is 17.8 Å². The van der Waals surface area contributed by atoms with Crippen LogP contribution in [0.5, 0.6) is 11.5 Å². The first-order chi connectivity index (χ1) is 31.1. The monoisotopic (exact) mass is 889 g/mol. The Hall–Kier alpha value is -4.14. The Morgan fingerprint density at radius 3 is 1.40 bits per heavy atom. The average molecular weight is 889 g/mol. The van der Waals surface area contributed by atoms with E-state index in [4.69, 9.17) is 14.2 Å². The summed E-state index contributed by atoms with van der Waals surface area (Å²) in [4.78, 5) is 28.1. The highest BCUT2D eigenvalue weighted by Gasteiger charge is 2.32. The second-order valence-corrected chi connectivity index (χ2v) is 22.2. The average Bonchev–Trinajstić information content (AvgIpc) is 3.67. The second-order valence-electron chi connectivity index (χ2n) is 22.2. The van der Waals surface area contributed by atoms with E-state index in [9.17, 15) is 14.7 Å². The fourth-order valence-electron chi connectivity index (χ4n) is 11.3. The van der Waals surface area contributed by atoms with Gasteiger partial charge in [-0.1, -0.05) is 90.1 Å². The first-order valence-corrected chi connectivity index (χ1v) is 25.2. The summed E-state index contributed by atoms with van der Waals surface area (Å²) in [5.74, 6) is 2.79. The van der Waals surface area contributed by atoms with E-state index in [1.54, 1.807) is 0 Å².